The second-order valence-corrected chi connectivity index (χ2v) is 10.1. The number of halogens is 2. The van der Waals surface area contributed by atoms with Crippen molar-refractivity contribution in [1.82, 2.24) is 4.90 Å². The highest BCUT2D eigenvalue weighted by molar-refractivity contribution is 9.10. The second-order valence-electron chi connectivity index (χ2n) is 7.17. The average Bonchev–Trinajstić information content (AvgIpc) is 3.03. The summed E-state index contributed by atoms with van der Waals surface area (Å²) in [5.74, 6) is 0.360. The molecule has 0 aliphatic carbocycles. The SMILES string of the molecule is CCCN1C(=O)/C(=C/c2cc(Br)c(OCC(=O)Nc3ccc(C)c(Cl)c3)c(OC)c2)SC1=S. The number of anilines is 1. The number of rotatable bonds is 8. The van der Waals surface area contributed by atoms with E-state index in [0.29, 0.717) is 42.5 Å². The van der Waals surface area contributed by atoms with E-state index in [-0.39, 0.29) is 18.4 Å². The van der Waals surface area contributed by atoms with E-state index in [1.807, 2.05) is 19.9 Å². The molecule has 1 heterocycles. The van der Waals surface area contributed by atoms with Crippen LogP contribution in [0, 0.1) is 6.92 Å². The molecular formula is C23H22BrClN2O4S2. The van der Waals surface area contributed by atoms with Gasteiger partial charge in [-0.25, -0.2) is 0 Å². The van der Waals surface area contributed by atoms with E-state index < -0.39 is 0 Å². The van der Waals surface area contributed by atoms with Crippen molar-refractivity contribution in [2.24, 2.45) is 0 Å². The molecule has 174 valence electrons. The van der Waals surface area contributed by atoms with Crippen LogP contribution in [0.25, 0.3) is 6.08 Å². The topological polar surface area (TPSA) is 67.9 Å². The maximum absolute atomic E-state index is 12.6. The molecule has 2 aromatic rings. The maximum atomic E-state index is 12.6. The van der Waals surface area contributed by atoms with Gasteiger partial charge in [0.1, 0.15) is 4.32 Å². The van der Waals surface area contributed by atoms with Gasteiger partial charge >= 0.3 is 0 Å². The first-order valence-corrected chi connectivity index (χ1v) is 12.4. The molecule has 6 nitrogen and oxygen atoms in total. The molecule has 1 aliphatic heterocycles. The van der Waals surface area contributed by atoms with Gasteiger partial charge in [0.2, 0.25) is 0 Å². The van der Waals surface area contributed by atoms with Crippen molar-refractivity contribution >= 4 is 79.4 Å². The van der Waals surface area contributed by atoms with Gasteiger partial charge in [0.25, 0.3) is 11.8 Å². The zero-order valence-electron chi connectivity index (χ0n) is 18.2. The number of amides is 2. The van der Waals surface area contributed by atoms with E-state index in [9.17, 15) is 9.59 Å². The third kappa shape index (κ3) is 6.29. The van der Waals surface area contributed by atoms with Crippen LogP contribution in [0.4, 0.5) is 5.69 Å². The Morgan fingerprint density at radius 3 is 2.76 bits per heavy atom. The molecule has 2 amide bonds. The Labute approximate surface area is 215 Å². The fourth-order valence-electron chi connectivity index (χ4n) is 3.04. The highest BCUT2D eigenvalue weighted by Gasteiger charge is 2.31. The molecule has 1 saturated heterocycles. The largest absolute Gasteiger partial charge is 0.493 e. The van der Waals surface area contributed by atoms with Gasteiger partial charge < -0.3 is 14.8 Å². The summed E-state index contributed by atoms with van der Waals surface area (Å²) in [5, 5.41) is 3.32. The van der Waals surface area contributed by atoms with Crippen molar-refractivity contribution in [2.45, 2.75) is 20.3 Å². The van der Waals surface area contributed by atoms with Gasteiger partial charge in [-0.2, -0.15) is 0 Å². The molecule has 1 fully saturated rings. The van der Waals surface area contributed by atoms with Crippen LogP contribution in [0.15, 0.2) is 39.7 Å². The number of methoxy groups -OCH3 is 1. The first kappa shape index (κ1) is 25.6. The van der Waals surface area contributed by atoms with Gasteiger partial charge in [-0.3, -0.25) is 14.5 Å². The molecule has 0 radical (unpaired) electrons. The van der Waals surface area contributed by atoms with Crippen LogP contribution in [0.1, 0.15) is 24.5 Å². The number of nitrogens with one attached hydrogen (secondary N) is 1. The van der Waals surface area contributed by atoms with Gasteiger partial charge in [-0.05, 0) is 70.7 Å². The summed E-state index contributed by atoms with van der Waals surface area (Å²) in [7, 11) is 1.51. The van der Waals surface area contributed by atoms with Crippen molar-refractivity contribution in [3.63, 3.8) is 0 Å². The third-order valence-electron chi connectivity index (χ3n) is 4.67. The van der Waals surface area contributed by atoms with Crippen LogP contribution in [-0.2, 0) is 9.59 Å². The van der Waals surface area contributed by atoms with Crippen LogP contribution >= 0.6 is 51.5 Å². The van der Waals surface area contributed by atoms with Crippen molar-refractivity contribution in [3.8, 4) is 11.5 Å². The number of aryl methyl sites for hydroxylation is 1. The fourth-order valence-corrected chi connectivity index (χ4v) is 5.10. The highest BCUT2D eigenvalue weighted by Crippen LogP contribution is 2.39. The Morgan fingerprint density at radius 2 is 2.09 bits per heavy atom. The standard InChI is InChI=1S/C23H22BrClN2O4S2/c1-4-7-27-22(29)19(33-23(27)32)10-14-8-16(24)21(18(9-14)30-3)31-12-20(28)26-15-6-5-13(2)17(25)11-15/h5-6,8-11H,4,7,12H2,1-3H3,(H,26,28)/b19-10-. The van der Waals surface area contributed by atoms with Crippen LogP contribution < -0.4 is 14.8 Å². The van der Waals surface area contributed by atoms with Crippen LogP contribution in [0.5, 0.6) is 11.5 Å². The zero-order valence-corrected chi connectivity index (χ0v) is 22.2. The lowest BCUT2D eigenvalue weighted by atomic mass is 10.2. The van der Waals surface area contributed by atoms with Crippen LogP contribution in [0.2, 0.25) is 5.02 Å². The summed E-state index contributed by atoms with van der Waals surface area (Å²) in [5.41, 5.74) is 2.25. The van der Waals surface area contributed by atoms with Crippen LogP contribution in [-0.4, -0.2) is 41.3 Å². The van der Waals surface area contributed by atoms with E-state index in [2.05, 4.69) is 21.2 Å². The lowest BCUT2D eigenvalue weighted by Gasteiger charge is -2.14. The summed E-state index contributed by atoms with van der Waals surface area (Å²) in [6.07, 6.45) is 2.59. The van der Waals surface area contributed by atoms with Crippen molar-refractivity contribution in [3.05, 3.63) is 55.9 Å². The minimum atomic E-state index is -0.340. The average molecular weight is 570 g/mol. The smallest absolute Gasteiger partial charge is 0.266 e. The molecule has 1 aliphatic rings. The van der Waals surface area contributed by atoms with E-state index in [0.717, 1.165) is 17.5 Å². The van der Waals surface area contributed by atoms with Gasteiger partial charge in [-0.1, -0.05) is 48.6 Å². The number of carbonyl (C=O) groups excluding carboxylic acids is 2. The number of hydrogen-bond acceptors (Lipinski definition) is 6. The Bertz CT molecular complexity index is 1140. The number of thiocarbonyl (C=S) groups is 1. The number of benzene rings is 2. The first-order chi connectivity index (χ1) is 15.7. The number of hydrogen-bond donors (Lipinski definition) is 1. The lowest BCUT2D eigenvalue weighted by Crippen LogP contribution is -2.28. The molecule has 0 saturated carbocycles. The second kappa shape index (κ2) is 11.4. The number of ether oxygens (including phenoxy) is 2. The number of carbonyl (C=O) groups is 2. The molecule has 0 aromatic heterocycles. The summed E-state index contributed by atoms with van der Waals surface area (Å²) in [6.45, 7) is 4.25. The Kier molecular flexibility index (Phi) is 8.81. The summed E-state index contributed by atoms with van der Waals surface area (Å²) in [4.78, 5) is 27.1. The first-order valence-electron chi connectivity index (χ1n) is 10.0. The minimum Gasteiger partial charge on any atom is -0.493 e. The predicted octanol–water partition coefficient (Wildman–Crippen LogP) is 6.05. The van der Waals surface area contributed by atoms with E-state index in [4.69, 9.17) is 33.3 Å². The summed E-state index contributed by atoms with van der Waals surface area (Å²) >= 11 is 16.2. The number of nitrogens with zero attached hydrogens (tertiary/aromatic N) is 1. The van der Waals surface area contributed by atoms with Crippen molar-refractivity contribution in [1.29, 1.82) is 0 Å². The summed E-state index contributed by atoms with van der Waals surface area (Å²) in [6, 6.07) is 8.82. The molecule has 1 N–H and O–H groups in total. The zero-order chi connectivity index (χ0) is 24.1. The number of thioether (sulfide) groups is 1. The van der Waals surface area contributed by atoms with E-state index in [1.54, 1.807) is 35.2 Å². The normalized spacial score (nSPS) is 14.7. The van der Waals surface area contributed by atoms with Crippen molar-refractivity contribution < 1.29 is 19.1 Å². The third-order valence-corrected chi connectivity index (χ3v) is 7.05. The van der Waals surface area contributed by atoms with Crippen LogP contribution in [0.3, 0.4) is 0 Å². The molecule has 0 unspecified atom stereocenters. The monoisotopic (exact) mass is 568 g/mol. The molecule has 0 bridgehead atoms. The molecule has 0 atom stereocenters. The van der Waals surface area contributed by atoms with Gasteiger partial charge in [0, 0.05) is 17.3 Å². The van der Waals surface area contributed by atoms with Crippen molar-refractivity contribution in [2.75, 3.05) is 25.6 Å². The van der Waals surface area contributed by atoms with Gasteiger partial charge in [0.05, 0.1) is 16.5 Å². The molecular weight excluding hydrogens is 548 g/mol. The summed E-state index contributed by atoms with van der Waals surface area (Å²) < 4.78 is 12.3. The highest BCUT2D eigenvalue weighted by atomic mass is 79.9. The van der Waals surface area contributed by atoms with E-state index in [1.165, 1.54) is 18.9 Å². The Morgan fingerprint density at radius 1 is 1.33 bits per heavy atom. The minimum absolute atomic E-state index is 0.102. The lowest BCUT2D eigenvalue weighted by molar-refractivity contribution is -0.122. The quantitative estimate of drug-likeness (QED) is 0.308. The van der Waals surface area contributed by atoms with Gasteiger partial charge in [0.15, 0.2) is 18.1 Å². The fraction of sp³-hybridized carbons (Fsp3) is 0.261. The molecule has 3 rings (SSSR count). The molecule has 33 heavy (non-hydrogen) atoms. The van der Waals surface area contributed by atoms with E-state index >= 15 is 0 Å². The Balaban J connectivity index is 1.73. The molecule has 2 aromatic carbocycles. The molecule has 0 spiro atoms. The molecule has 10 heteroatoms. The predicted molar refractivity (Wildman–Crippen MR) is 141 cm³/mol. The van der Waals surface area contributed by atoms with Gasteiger partial charge in [-0.15, -0.1) is 0 Å². The maximum Gasteiger partial charge on any atom is 0.266 e. The Hall–Kier alpha value is -2.07.